The monoisotopic (exact) mass is 1560 g/mol. The standard InChI is InChI=1S/2C44H58O12/c2*1-45-35-16-31(17-36(24-35)46-2)26-55-13-11-12-33(14-29-20-39(49-5)43(53-9)40(21-29)50-6)34(15-30-22-41(51-7)44(54-10)42(23-30)52-8)28-56-27-32-18-37(47-3)25-38(19-32)48-4/h2*16-25,33-34H,11-15,26-28H2,1-10H3/t2*33-,34+/m10/s1. The molecule has 0 radical (unpaired) electrons. The first kappa shape index (κ1) is 88.8. The van der Waals surface area contributed by atoms with Crippen LogP contribution in [0.3, 0.4) is 0 Å². The molecule has 0 saturated carbocycles. The maximum Gasteiger partial charge on any atom is 0.203 e. The minimum Gasteiger partial charge on any atom is -0.497 e. The molecule has 0 heterocycles. The molecule has 0 aliphatic heterocycles. The van der Waals surface area contributed by atoms with Gasteiger partial charge in [-0.2, -0.15) is 0 Å². The minimum atomic E-state index is 0.0343. The summed E-state index contributed by atoms with van der Waals surface area (Å²) in [6, 6.07) is 39.1. The Bertz CT molecular complexity index is 3690. The summed E-state index contributed by atoms with van der Waals surface area (Å²) >= 11 is 0. The molecule has 112 heavy (non-hydrogen) atoms. The number of benzene rings is 8. The fourth-order valence-electron chi connectivity index (χ4n) is 13.7. The van der Waals surface area contributed by atoms with E-state index in [1.165, 1.54) is 0 Å². The van der Waals surface area contributed by atoms with Crippen LogP contribution in [0.1, 0.15) is 70.2 Å². The Kier molecular flexibility index (Phi) is 37.3. The Morgan fingerprint density at radius 2 is 0.375 bits per heavy atom. The van der Waals surface area contributed by atoms with E-state index in [0.29, 0.717) is 171 Å². The fraction of sp³-hybridized carbons (Fsp3) is 0.455. The van der Waals surface area contributed by atoms with E-state index in [9.17, 15) is 0 Å². The summed E-state index contributed by atoms with van der Waals surface area (Å²) in [4.78, 5) is 0. The molecule has 0 bridgehead atoms. The smallest absolute Gasteiger partial charge is 0.203 e. The second-order valence-electron chi connectivity index (χ2n) is 26.3. The van der Waals surface area contributed by atoms with Crippen LogP contribution in [0, 0.1) is 23.7 Å². The van der Waals surface area contributed by atoms with Gasteiger partial charge < -0.3 is 114 Å². The number of methoxy groups -OCH3 is 20. The summed E-state index contributed by atoms with van der Waals surface area (Å²) in [7, 11) is 32.5. The van der Waals surface area contributed by atoms with Crippen LogP contribution in [-0.2, 0) is 71.1 Å². The molecule has 24 heteroatoms. The molecule has 0 fully saturated rings. The van der Waals surface area contributed by atoms with Crippen molar-refractivity contribution in [3.63, 3.8) is 0 Å². The summed E-state index contributed by atoms with van der Waals surface area (Å²) in [5.74, 6) is 12.9. The lowest BCUT2D eigenvalue weighted by Crippen LogP contribution is -2.25. The van der Waals surface area contributed by atoms with Crippen molar-refractivity contribution in [3.05, 3.63) is 166 Å². The van der Waals surface area contributed by atoms with E-state index in [0.717, 1.165) is 93.2 Å². The lowest BCUT2D eigenvalue weighted by Gasteiger charge is -2.29. The molecule has 0 aliphatic rings. The molecule has 8 aromatic carbocycles. The lowest BCUT2D eigenvalue weighted by molar-refractivity contribution is 0.0578. The molecule has 0 aromatic heterocycles. The Morgan fingerprint density at radius 3 is 0.554 bits per heavy atom. The zero-order chi connectivity index (χ0) is 80.9. The molecule has 0 N–H and O–H groups in total. The third kappa shape index (κ3) is 25.8. The highest BCUT2D eigenvalue weighted by atomic mass is 16.6. The average molecular weight is 1560 g/mol. The Balaban J connectivity index is 0.000000311. The predicted octanol–water partition coefficient (Wildman–Crippen LogP) is 16.0. The van der Waals surface area contributed by atoms with Crippen molar-refractivity contribution < 1.29 is 114 Å². The van der Waals surface area contributed by atoms with Crippen LogP contribution < -0.4 is 94.7 Å². The maximum absolute atomic E-state index is 6.56. The van der Waals surface area contributed by atoms with E-state index in [4.69, 9.17) is 114 Å². The molecule has 0 amide bonds. The van der Waals surface area contributed by atoms with Gasteiger partial charge in [0, 0.05) is 37.5 Å². The molecule has 8 aromatic rings. The van der Waals surface area contributed by atoms with Crippen molar-refractivity contribution in [2.75, 3.05) is 169 Å². The van der Waals surface area contributed by atoms with Crippen LogP contribution in [0.2, 0.25) is 0 Å². The van der Waals surface area contributed by atoms with Crippen LogP contribution in [0.5, 0.6) is 115 Å². The Hall–Kier alpha value is -10.4. The normalized spacial score (nSPS) is 12.0. The van der Waals surface area contributed by atoms with E-state index < -0.39 is 0 Å². The van der Waals surface area contributed by atoms with Crippen molar-refractivity contribution in [1.82, 2.24) is 0 Å². The first-order valence-electron chi connectivity index (χ1n) is 36.9. The quantitative estimate of drug-likeness (QED) is 0.0323. The van der Waals surface area contributed by atoms with Gasteiger partial charge in [-0.25, -0.2) is 0 Å². The van der Waals surface area contributed by atoms with Crippen LogP contribution in [0.25, 0.3) is 0 Å². The van der Waals surface area contributed by atoms with Crippen molar-refractivity contribution in [2.24, 2.45) is 23.7 Å². The third-order valence-corrected chi connectivity index (χ3v) is 19.3. The van der Waals surface area contributed by atoms with Gasteiger partial charge in [0.1, 0.15) is 46.0 Å². The fourth-order valence-corrected chi connectivity index (χ4v) is 13.7. The number of ether oxygens (including phenoxy) is 24. The molecule has 24 nitrogen and oxygen atoms in total. The molecule has 0 saturated heterocycles. The predicted molar refractivity (Wildman–Crippen MR) is 428 cm³/mol. The lowest BCUT2D eigenvalue weighted by atomic mass is 9.80. The van der Waals surface area contributed by atoms with Gasteiger partial charge in [0.15, 0.2) is 46.0 Å². The van der Waals surface area contributed by atoms with Gasteiger partial charge in [-0.05, 0) is 217 Å². The average Bonchev–Trinajstić information content (AvgIpc) is 0.827. The molecular formula is C88H116O24. The van der Waals surface area contributed by atoms with Crippen molar-refractivity contribution in [3.8, 4) is 115 Å². The summed E-state index contributed by atoms with van der Waals surface area (Å²) in [5, 5.41) is 0. The first-order chi connectivity index (χ1) is 54.5. The molecule has 0 aliphatic carbocycles. The first-order valence-corrected chi connectivity index (χ1v) is 36.9. The molecule has 8 rings (SSSR count). The van der Waals surface area contributed by atoms with Crippen LogP contribution in [-0.4, -0.2) is 169 Å². The summed E-state index contributed by atoms with van der Waals surface area (Å²) < 4.78 is 138. The highest BCUT2D eigenvalue weighted by Crippen LogP contribution is 2.45. The van der Waals surface area contributed by atoms with Crippen molar-refractivity contribution in [1.29, 1.82) is 0 Å². The molecule has 0 unspecified atom stereocenters. The Labute approximate surface area is 661 Å². The Morgan fingerprint density at radius 1 is 0.188 bits per heavy atom. The van der Waals surface area contributed by atoms with Gasteiger partial charge in [-0.15, -0.1) is 0 Å². The van der Waals surface area contributed by atoms with E-state index >= 15 is 0 Å². The maximum atomic E-state index is 6.56. The SMILES string of the molecule is COc1cc(COCCC[C@@H](Cc2cc(OC)c(OC)c(OC)c2)[C@@H](COCc2cc(OC)cc(OC)c2)Cc2cc(OC)c(OC)c(OC)c2)cc(OC)c1.COc1cc(COCCC[C@H](Cc2cc(OC)c(OC)c(OC)c2)[C@H](COCc2cc(OC)cc(OC)c2)Cc2cc(OC)c(OC)c(OC)c2)cc(OC)c1. The zero-order valence-corrected chi connectivity index (χ0v) is 69.0. The van der Waals surface area contributed by atoms with Gasteiger partial charge in [-0.1, -0.05) is 0 Å². The third-order valence-electron chi connectivity index (χ3n) is 19.3. The van der Waals surface area contributed by atoms with Crippen molar-refractivity contribution in [2.45, 2.75) is 77.8 Å². The highest BCUT2D eigenvalue weighted by Gasteiger charge is 2.29. The molecule has 0 spiro atoms. The van der Waals surface area contributed by atoms with E-state index in [1.54, 1.807) is 142 Å². The van der Waals surface area contributed by atoms with Crippen LogP contribution >= 0.6 is 0 Å². The van der Waals surface area contributed by atoms with Gasteiger partial charge in [-0.3, -0.25) is 0 Å². The number of hydrogen-bond acceptors (Lipinski definition) is 24. The van der Waals surface area contributed by atoms with Gasteiger partial charge in [0.25, 0.3) is 0 Å². The van der Waals surface area contributed by atoms with Crippen molar-refractivity contribution >= 4 is 0 Å². The van der Waals surface area contributed by atoms with E-state index in [-0.39, 0.29) is 23.7 Å². The topological polar surface area (TPSA) is 222 Å². The summed E-state index contributed by atoms with van der Waals surface area (Å²) in [5.41, 5.74) is 7.95. The minimum absolute atomic E-state index is 0.0343. The number of rotatable bonds is 50. The van der Waals surface area contributed by atoms with E-state index in [1.807, 2.05) is 121 Å². The van der Waals surface area contributed by atoms with Crippen LogP contribution in [0.4, 0.5) is 0 Å². The second kappa shape index (κ2) is 47.1. The highest BCUT2D eigenvalue weighted by molar-refractivity contribution is 5.57. The van der Waals surface area contributed by atoms with E-state index in [2.05, 4.69) is 0 Å². The second-order valence-corrected chi connectivity index (χ2v) is 26.3. The van der Waals surface area contributed by atoms with Gasteiger partial charge in [0.2, 0.25) is 23.0 Å². The largest absolute Gasteiger partial charge is 0.497 e. The summed E-state index contributed by atoms with van der Waals surface area (Å²) in [6.45, 7) is 3.58. The number of hydrogen-bond donors (Lipinski definition) is 0. The molecule has 4 atom stereocenters. The molecule has 612 valence electrons. The van der Waals surface area contributed by atoms with Gasteiger partial charge >= 0.3 is 0 Å². The van der Waals surface area contributed by atoms with Crippen LogP contribution in [0.15, 0.2) is 121 Å². The van der Waals surface area contributed by atoms with Gasteiger partial charge in [0.05, 0.1) is 182 Å². The summed E-state index contributed by atoms with van der Waals surface area (Å²) in [6.07, 6.45) is 6.01. The molecular weight excluding hydrogens is 1440 g/mol. The zero-order valence-electron chi connectivity index (χ0n) is 69.0.